The summed E-state index contributed by atoms with van der Waals surface area (Å²) in [5, 5.41) is 0. The van der Waals surface area contributed by atoms with Gasteiger partial charge in [-0.15, -0.1) is 0 Å². The van der Waals surface area contributed by atoms with Gasteiger partial charge in [-0.2, -0.15) is 17.4 Å². The van der Waals surface area contributed by atoms with Gasteiger partial charge in [0.2, 0.25) is 0 Å². The van der Waals surface area contributed by atoms with Crippen LogP contribution in [0.3, 0.4) is 0 Å². The Labute approximate surface area is 133 Å². The maximum absolute atomic E-state index is 12.6. The lowest BCUT2D eigenvalue weighted by Crippen LogP contribution is -2.51. The number of piperazine rings is 1. The molecule has 1 atom stereocenters. The van der Waals surface area contributed by atoms with Crippen molar-refractivity contribution in [2.75, 3.05) is 33.2 Å². The van der Waals surface area contributed by atoms with Crippen molar-refractivity contribution in [3.05, 3.63) is 30.1 Å². The fraction of sp³-hybridized carbons (Fsp3) is 0.667. The van der Waals surface area contributed by atoms with Crippen molar-refractivity contribution in [1.82, 2.24) is 18.9 Å². The van der Waals surface area contributed by atoms with Crippen LogP contribution in [0.25, 0.3) is 0 Å². The second-order valence-electron chi connectivity index (χ2n) is 5.81. The molecule has 0 spiro atoms. The fourth-order valence-corrected chi connectivity index (χ4v) is 3.97. The molecule has 0 amide bonds. The van der Waals surface area contributed by atoms with E-state index in [9.17, 15) is 8.42 Å². The monoisotopic (exact) mass is 326 g/mol. The minimum Gasteiger partial charge on any atom is -0.304 e. The summed E-state index contributed by atoms with van der Waals surface area (Å²) in [6.07, 6.45) is 6.25. The highest BCUT2D eigenvalue weighted by Gasteiger charge is 2.28. The molecular formula is C15H26N4O2S. The number of nitrogens with zero attached hydrogens (tertiary/aromatic N) is 3. The number of hydrogen-bond donors (Lipinski definition) is 1. The fourth-order valence-electron chi connectivity index (χ4n) is 2.57. The van der Waals surface area contributed by atoms with Crippen LogP contribution in [0.5, 0.6) is 0 Å². The first-order valence-electron chi connectivity index (χ1n) is 7.89. The zero-order valence-electron chi connectivity index (χ0n) is 13.4. The normalized spacial score (nSPS) is 19.2. The summed E-state index contributed by atoms with van der Waals surface area (Å²) < 4.78 is 29.6. The highest BCUT2D eigenvalue weighted by molar-refractivity contribution is 7.87. The molecule has 1 aromatic rings. The first kappa shape index (κ1) is 17.3. The average molecular weight is 326 g/mol. The number of pyridine rings is 1. The number of aromatic nitrogens is 1. The number of nitrogens with one attached hydrogen (secondary N) is 1. The molecule has 1 aromatic heterocycles. The Morgan fingerprint density at radius 2 is 2.05 bits per heavy atom. The SMILES string of the molecule is CCCCC(NS(=O)(=O)N1CCN(C)CC1)c1cccnc1. The number of likely N-dealkylation sites (N-methyl/N-ethyl adjacent to an activating group) is 1. The van der Waals surface area contributed by atoms with E-state index in [0.717, 1.165) is 37.9 Å². The van der Waals surface area contributed by atoms with Crippen molar-refractivity contribution >= 4 is 10.2 Å². The van der Waals surface area contributed by atoms with Gasteiger partial charge in [0.05, 0.1) is 0 Å². The van der Waals surface area contributed by atoms with Gasteiger partial charge in [-0.05, 0) is 25.1 Å². The van der Waals surface area contributed by atoms with E-state index in [1.807, 2.05) is 19.2 Å². The molecule has 2 rings (SSSR count). The Morgan fingerprint density at radius 3 is 2.64 bits per heavy atom. The maximum Gasteiger partial charge on any atom is 0.280 e. The highest BCUT2D eigenvalue weighted by Crippen LogP contribution is 2.20. The van der Waals surface area contributed by atoms with Crippen molar-refractivity contribution in [3.8, 4) is 0 Å². The van der Waals surface area contributed by atoms with Crippen LogP contribution in [0.15, 0.2) is 24.5 Å². The predicted molar refractivity (Wildman–Crippen MR) is 87.6 cm³/mol. The Balaban J connectivity index is 2.08. The number of unbranched alkanes of at least 4 members (excludes halogenated alkanes) is 1. The topological polar surface area (TPSA) is 65.5 Å². The minimum absolute atomic E-state index is 0.210. The van der Waals surface area contributed by atoms with Gasteiger partial charge in [-0.3, -0.25) is 4.98 Å². The summed E-state index contributed by atoms with van der Waals surface area (Å²) in [6.45, 7) is 4.73. The van der Waals surface area contributed by atoms with Crippen LogP contribution in [0.2, 0.25) is 0 Å². The molecule has 1 saturated heterocycles. The van der Waals surface area contributed by atoms with Gasteiger partial charge in [-0.1, -0.05) is 25.8 Å². The third-order valence-electron chi connectivity index (χ3n) is 4.03. The predicted octanol–water partition coefficient (Wildman–Crippen LogP) is 1.39. The van der Waals surface area contributed by atoms with E-state index >= 15 is 0 Å². The van der Waals surface area contributed by atoms with E-state index in [0.29, 0.717) is 13.1 Å². The molecule has 22 heavy (non-hydrogen) atoms. The summed E-state index contributed by atoms with van der Waals surface area (Å²) in [4.78, 5) is 6.25. The molecule has 1 unspecified atom stereocenters. The zero-order chi connectivity index (χ0) is 16.0. The van der Waals surface area contributed by atoms with Crippen molar-refractivity contribution in [3.63, 3.8) is 0 Å². The third-order valence-corrected chi connectivity index (χ3v) is 5.65. The van der Waals surface area contributed by atoms with Crippen LogP contribution in [0.4, 0.5) is 0 Å². The van der Waals surface area contributed by atoms with Crippen LogP contribution in [0.1, 0.15) is 37.8 Å². The quantitative estimate of drug-likeness (QED) is 0.822. The Bertz CT molecular complexity index is 542. The molecule has 0 bridgehead atoms. The smallest absolute Gasteiger partial charge is 0.280 e. The van der Waals surface area contributed by atoms with Gasteiger partial charge in [0.25, 0.3) is 10.2 Å². The lowest BCUT2D eigenvalue weighted by atomic mass is 10.0. The highest BCUT2D eigenvalue weighted by atomic mass is 32.2. The molecule has 0 radical (unpaired) electrons. The van der Waals surface area contributed by atoms with E-state index in [-0.39, 0.29) is 6.04 Å². The van der Waals surface area contributed by atoms with Gasteiger partial charge in [0.15, 0.2) is 0 Å². The van der Waals surface area contributed by atoms with Gasteiger partial charge in [0, 0.05) is 44.6 Å². The number of rotatable bonds is 7. The molecule has 2 heterocycles. The van der Waals surface area contributed by atoms with Crippen LogP contribution < -0.4 is 4.72 Å². The zero-order valence-corrected chi connectivity index (χ0v) is 14.2. The minimum atomic E-state index is -3.46. The summed E-state index contributed by atoms with van der Waals surface area (Å²) in [5.41, 5.74) is 0.925. The van der Waals surface area contributed by atoms with Gasteiger partial charge in [0.1, 0.15) is 0 Å². The largest absolute Gasteiger partial charge is 0.304 e. The Kier molecular flexibility index (Phi) is 6.31. The van der Waals surface area contributed by atoms with E-state index in [4.69, 9.17) is 0 Å². The lowest BCUT2D eigenvalue weighted by molar-refractivity contribution is 0.220. The lowest BCUT2D eigenvalue weighted by Gasteiger charge is -2.32. The molecule has 7 heteroatoms. The summed E-state index contributed by atoms with van der Waals surface area (Å²) >= 11 is 0. The van der Waals surface area contributed by atoms with Crippen LogP contribution in [0, 0.1) is 0 Å². The second kappa shape index (κ2) is 8.01. The first-order valence-corrected chi connectivity index (χ1v) is 9.33. The van der Waals surface area contributed by atoms with Crippen molar-refractivity contribution in [2.24, 2.45) is 0 Å². The van der Waals surface area contributed by atoms with E-state index in [1.54, 1.807) is 16.7 Å². The Morgan fingerprint density at radius 1 is 1.32 bits per heavy atom. The van der Waals surface area contributed by atoms with Crippen LogP contribution in [-0.4, -0.2) is 55.8 Å². The average Bonchev–Trinajstić information content (AvgIpc) is 2.52. The molecule has 1 fully saturated rings. The summed E-state index contributed by atoms with van der Waals surface area (Å²) in [7, 11) is -1.44. The molecule has 1 aliphatic rings. The molecule has 0 saturated carbocycles. The molecule has 1 aliphatic heterocycles. The van der Waals surface area contributed by atoms with E-state index in [2.05, 4.69) is 21.5 Å². The molecule has 0 aliphatic carbocycles. The molecule has 124 valence electrons. The molecule has 1 N–H and O–H groups in total. The van der Waals surface area contributed by atoms with E-state index in [1.165, 1.54) is 0 Å². The van der Waals surface area contributed by atoms with Gasteiger partial charge < -0.3 is 4.90 Å². The molecule has 0 aromatic carbocycles. The molecule has 6 nitrogen and oxygen atoms in total. The third kappa shape index (κ3) is 4.74. The molecular weight excluding hydrogens is 300 g/mol. The van der Waals surface area contributed by atoms with Crippen LogP contribution in [-0.2, 0) is 10.2 Å². The maximum atomic E-state index is 12.6. The second-order valence-corrected chi connectivity index (χ2v) is 7.51. The first-order chi connectivity index (χ1) is 10.5. The van der Waals surface area contributed by atoms with E-state index < -0.39 is 10.2 Å². The summed E-state index contributed by atoms with van der Waals surface area (Å²) in [5.74, 6) is 0. The summed E-state index contributed by atoms with van der Waals surface area (Å²) in [6, 6.07) is 3.57. The standard InChI is InChI=1S/C15H26N4O2S/c1-3-4-7-15(14-6-5-8-16-13-14)17-22(20,21)19-11-9-18(2)10-12-19/h5-6,8,13,15,17H,3-4,7,9-12H2,1-2H3. The van der Waals surface area contributed by atoms with Gasteiger partial charge in [-0.25, -0.2) is 0 Å². The number of hydrogen-bond acceptors (Lipinski definition) is 4. The van der Waals surface area contributed by atoms with Gasteiger partial charge >= 0.3 is 0 Å². The van der Waals surface area contributed by atoms with Crippen LogP contribution >= 0.6 is 0 Å². The van der Waals surface area contributed by atoms with Crippen molar-refractivity contribution in [1.29, 1.82) is 0 Å². The van der Waals surface area contributed by atoms with Crippen molar-refractivity contribution < 1.29 is 8.42 Å². The van der Waals surface area contributed by atoms with Crippen molar-refractivity contribution in [2.45, 2.75) is 32.2 Å². The Hall–Kier alpha value is -1.02.